The fourth-order valence-electron chi connectivity index (χ4n) is 2.48. The van der Waals surface area contributed by atoms with Gasteiger partial charge in [-0.25, -0.2) is 47.4 Å². The van der Waals surface area contributed by atoms with E-state index in [0.717, 1.165) is 33.8 Å². The number of anilines is 2. The zero-order valence-corrected chi connectivity index (χ0v) is 42.3. The molecule has 3 rings (SSSR count). The molecular formula is C31H45Cl3I2N12Y3-6. The Kier molecular flexibility index (Phi) is 52.8. The Balaban J connectivity index is -0.0000000663. The van der Waals surface area contributed by atoms with Crippen molar-refractivity contribution < 1.29 is 99.6 Å². The van der Waals surface area contributed by atoms with E-state index in [1.165, 1.54) is 0 Å². The molecule has 0 unspecified atom stereocenters. The van der Waals surface area contributed by atoms with E-state index in [0.29, 0.717) is 22.6 Å². The van der Waals surface area contributed by atoms with Crippen molar-refractivity contribution in [2.24, 2.45) is 20.7 Å². The molecular weight excluding hydrogens is 1170 g/mol. The van der Waals surface area contributed by atoms with Crippen LogP contribution in [0, 0.1) is 68.2 Å². The zero-order valence-electron chi connectivity index (χ0n) is 27.2. The number of hydrogen-bond donors (Lipinski definition) is 3. The molecule has 3 radical (unpaired) electrons. The fraction of sp³-hybridized carbons (Fsp3) is 0.323. The molecule has 0 saturated carbocycles. The molecule has 0 aromatic carbocycles. The van der Waals surface area contributed by atoms with E-state index in [-0.39, 0.29) is 150 Å². The quantitative estimate of drug-likeness (QED) is 0.0687. The monoisotopic (exact) mass is 1210 g/mol. The molecule has 0 aliphatic rings. The minimum absolute atomic E-state index is 0. The van der Waals surface area contributed by atoms with E-state index >= 15 is 0 Å². The molecule has 0 spiro atoms. The van der Waals surface area contributed by atoms with Crippen LogP contribution in [-0.4, -0.2) is 50.1 Å². The summed E-state index contributed by atoms with van der Waals surface area (Å²) in [6.45, 7) is 43.0. The van der Waals surface area contributed by atoms with Crippen LogP contribution in [0.25, 0.3) is 0 Å². The maximum atomic E-state index is 5.68. The second kappa shape index (κ2) is 38.8. The van der Waals surface area contributed by atoms with Crippen LogP contribution >= 0.6 is 72.0 Å². The van der Waals surface area contributed by atoms with Gasteiger partial charge in [-0.05, 0) is 71.7 Å². The van der Waals surface area contributed by atoms with Gasteiger partial charge in [0.15, 0.2) is 0 Å². The van der Waals surface area contributed by atoms with E-state index < -0.39 is 0 Å². The van der Waals surface area contributed by atoms with Gasteiger partial charge in [-0.1, -0.05) is 33.9 Å². The topological polar surface area (TPSA) is 164 Å². The van der Waals surface area contributed by atoms with Gasteiger partial charge in [0, 0.05) is 171 Å². The number of nitrogens with one attached hydrogen (secondary N) is 2. The van der Waals surface area contributed by atoms with Crippen molar-refractivity contribution in [1.29, 1.82) is 0 Å². The summed E-state index contributed by atoms with van der Waals surface area (Å²) in [5, 5.41) is 6.29. The summed E-state index contributed by atoms with van der Waals surface area (Å²) < 4.78 is 0. The van der Waals surface area contributed by atoms with Gasteiger partial charge in [-0.15, -0.1) is 0 Å². The Morgan fingerprint density at radius 3 is 1.24 bits per heavy atom. The Hall–Kier alpha value is 0.512. The van der Waals surface area contributed by atoms with E-state index in [2.05, 4.69) is 99.5 Å². The number of aromatic nitrogens is 6. The van der Waals surface area contributed by atoms with Gasteiger partial charge in [0.05, 0.1) is 0 Å². The third-order valence-electron chi connectivity index (χ3n) is 5.09. The number of halogens is 5. The van der Waals surface area contributed by atoms with Gasteiger partial charge in [-0.2, -0.15) is 20.2 Å². The fourth-order valence-corrected chi connectivity index (χ4v) is 3.16. The van der Waals surface area contributed by atoms with Crippen LogP contribution in [-0.2, 0) is 98.1 Å². The SMILES string of the molecule is C.C.C.Cc1nc(Cl)nc(Cl)c1C.II.[2HH].[CH-]=NC(=[CH-])N.[CH-]=NC(=[CH-])Nc1nc(C)nc(C)c1C.[CH-]=NC(=[CH-])Nc1nc(Cl)nc(C)c1C.[Y].[Y].[Y]. The van der Waals surface area contributed by atoms with E-state index in [1.54, 1.807) is 0 Å². The summed E-state index contributed by atoms with van der Waals surface area (Å²) in [5.41, 5.74) is 9.86. The maximum Gasteiger partial charge on any atom is 0.224 e. The molecule has 3 heterocycles. The van der Waals surface area contributed by atoms with Crippen molar-refractivity contribution in [3.8, 4) is 0 Å². The van der Waals surface area contributed by atoms with E-state index in [4.69, 9.17) is 73.7 Å². The van der Waals surface area contributed by atoms with Crippen molar-refractivity contribution in [2.45, 2.75) is 70.7 Å². The van der Waals surface area contributed by atoms with Crippen LogP contribution in [0.2, 0.25) is 15.7 Å². The minimum atomic E-state index is -0.0926. The largest absolute Gasteiger partial charge is 0.577 e. The standard InChI is InChI=1S/C10H12N4.C9H9ClN4.C6H6Cl2N2.C3H4N2.3CH4.I2.3Y.H2/c1-6-7(2)12-9(4)14-10(6)13-8(3)11-5;1-5-6(2)12-9(10)14-8(5)13-7(3)11-4;1-3-4(2)9-6(8)10-5(3)7;1-3(4)5-2;;;;1-2;;;;/h3,5H,1-2,4H3,(H,12,13,14);3-4H,1-2H3,(H,12,13,14);1-2H3;1-2H,4H2;3*1H4;;;;;1H/q2*-2;;-2;;;;;;;;/i;;;;;;;;;;;1+1. The van der Waals surface area contributed by atoms with Crippen molar-refractivity contribution in [1.82, 2.24) is 29.9 Å². The molecule has 0 aliphatic carbocycles. The Morgan fingerprint density at radius 2 is 0.902 bits per heavy atom. The number of nitrogens with two attached hydrogens (primary N) is 1. The second-order valence-corrected chi connectivity index (χ2v) is 9.24. The third-order valence-corrected chi connectivity index (χ3v) is 5.79. The smallest absolute Gasteiger partial charge is 0.224 e. The van der Waals surface area contributed by atoms with Crippen molar-refractivity contribution in [3.63, 3.8) is 0 Å². The first kappa shape index (κ1) is 69.4. The molecule has 0 bridgehead atoms. The predicted octanol–water partition coefficient (Wildman–Crippen LogP) is 9.79. The van der Waals surface area contributed by atoms with Crippen LogP contribution in [0.5, 0.6) is 0 Å². The second-order valence-electron chi connectivity index (χ2n) is 8.21. The van der Waals surface area contributed by atoms with Gasteiger partial charge in [0.1, 0.15) is 22.6 Å². The molecule has 3 aromatic rings. The number of aryl methyl sites for hydroxylation is 4. The van der Waals surface area contributed by atoms with Crippen LogP contribution in [0.3, 0.4) is 0 Å². The average molecular weight is 1210 g/mol. The summed E-state index contributed by atoms with van der Waals surface area (Å²) in [4.78, 5) is 33.4. The molecule has 0 fully saturated rings. The summed E-state index contributed by atoms with van der Waals surface area (Å²) in [6, 6.07) is 0. The van der Waals surface area contributed by atoms with Crippen LogP contribution < -0.4 is 16.4 Å². The first-order valence-corrected chi connectivity index (χ1v) is 19.4. The summed E-state index contributed by atoms with van der Waals surface area (Å²) in [6.07, 6.45) is 0. The van der Waals surface area contributed by atoms with Gasteiger partial charge in [0.25, 0.3) is 0 Å². The number of nitrogens with zero attached hydrogens (tertiary/aromatic N) is 9. The molecule has 0 aliphatic heterocycles. The Labute approximate surface area is 421 Å². The molecule has 3 aromatic heterocycles. The zero-order chi connectivity index (χ0) is 35.4. The predicted molar refractivity (Wildman–Crippen MR) is 225 cm³/mol. The van der Waals surface area contributed by atoms with Gasteiger partial charge in [0.2, 0.25) is 10.6 Å². The van der Waals surface area contributed by atoms with E-state index in [1.807, 2.05) is 48.5 Å². The van der Waals surface area contributed by atoms with Crippen LogP contribution in [0.15, 0.2) is 32.4 Å². The molecule has 279 valence electrons. The molecule has 20 heteroatoms. The summed E-state index contributed by atoms with van der Waals surface area (Å²) in [5.74, 6) is 1.94. The third kappa shape index (κ3) is 30.4. The molecule has 12 nitrogen and oxygen atoms in total. The first-order valence-electron chi connectivity index (χ1n) is 12.0. The van der Waals surface area contributed by atoms with E-state index in [9.17, 15) is 0 Å². The van der Waals surface area contributed by atoms with Crippen LogP contribution in [0.4, 0.5) is 11.6 Å². The van der Waals surface area contributed by atoms with Gasteiger partial charge >= 0.3 is 0 Å². The van der Waals surface area contributed by atoms with Crippen LogP contribution in [0.1, 0.15) is 63.3 Å². The summed E-state index contributed by atoms with van der Waals surface area (Å²) >= 11 is 21.1. The van der Waals surface area contributed by atoms with Crippen molar-refractivity contribution in [2.75, 3.05) is 10.6 Å². The number of rotatable bonds is 7. The Bertz CT molecular complexity index is 1440. The molecule has 51 heavy (non-hydrogen) atoms. The number of aliphatic imine (C=N–C) groups is 3. The first-order chi connectivity index (χ1) is 21.0. The average Bonchev–Trinajstić information content (AvgIpc) is 2.98. The summed E-state index contributed by atoms with van der Waals surface area (Å²) in [7, 11) is 0. The molecule has 0 amide bonds. The molecule has 0 atom stereocenters. The van der Waals surface area contributed by atoms with Gasteiger partial charge < -0.3 is 51.1 Å². The van der Waals surface area contributed by atoms with Crippen molar-refractivity contribution >= 4 is 104 Å². The van der Waals surface area contributed by atoms with Gasteiger partial charge in [-0.3, -0.25) is 0 Å². The number of hydrogen-bond acceptors (Lipinski definition) is 12. The Morgan fingerprint density at radius 1 is 0.588 bits per heavy atom. The van der Waals surface area contributed by atoms with Crippen molar-refractivity contribution in [3.05, 3.63) is 92.5 Å². The molecule has 0 saturated heterocycles. The molecule has 4 N–H and O–H groups in total. The maximum absolute atomic E-state index is 5.68. The normalized spacial score (nSPS) is 8.00. The minimum Gasteiger partial charge on any atom is -0.577 e.